The molecule has 0 bridgehead atoms. The van der Waals surface area contributed by atoms with Crippen LogP contribution in [0.1, 0.15) is 25.5 Å². The summed E-state index contributed by atoms with van der Waals surface area (Å²) in [6, 6.07) is 7.80. The smallest absolute Gasteiger partial charge is 0.0638 e. The van der Waals surface area contributed by atoms with Crippen LogP contribution in [0.2, 0.25) is 5.02 Å². The molecule has 16 heavy (non-hydrogen) atoms. The fraction of sp³-hybridized carbons (Fsp3) is 0.500. The van der Waals surface area contributed by atoms with E-state index in [1.54, 1.807) is 0 Å². The Hall–Kier alpha value is -0.610. The second-order valence-corrected chi connectivity index (χ2v) is 5.14. The van der Waals surface area contributed by atoms with E-state index in [1.807, 2.05) is 38.4 Å². The average molecular weight is 242 g/mol. The van der Waals surface area contributed by atoms with Crippen molar-refractivity contribution in [3.63, 3.8) is 0 Å². The molecule has 0 aliphatic carbocycles. The normalized spacial score (nSPS) is 14.2. The number of nitrogens with one attached hydrogen (secondary N) is 1. The third-order valence-corrected chi connectivity index (χ3v) is 3.44. The van der Waals surface area contributed by atoms with Crippen molar-refractivity contribution in [2.45, 2.75) is 25.4 Å². The lowest BCUT2D eigenvalue weighted by Crippen LogP contribution is -2.51. The zero-order valence-corrected chi connectivity index (χ0v) is 11.0. The van der Waals surface area contributed by atoms with Gasteiger partial charge in [-0.15, -0.1) is 0 Å². The largest absolute Gasteiger partial charge is 0.302 e. The number of hydrazine groups is 1. The van der Waals surface area contributed by atoms with E-state index in [0.717, 1.165) is 10.6 Å². The van der Waals surface area contributed by atoms with Crippen LogP contribution in [-0.4, -0.2) is 24.5 Å². The maximum absolute atomic E-state index is 5.99. The van der Waals surface area contributed by atoms with Gasteiger partial charge in [0.1, 0.15) is 0 Å². The highest BCUT2D eigenvalue weighted by Crippen LogP contribution is 2.29. The lowest BCUT2D eigenvalue weighted by Gasteiger charge is -2.40. The van der Waals surface area contributed by atoms with E-state index < -0.39 is 0 Å². The molecular weight excluding hydrogens is 222 g/mol. The van der Waals surface area contributed by atoms with Gasteiger partial charge in [-0.25, -0.2) is 0 Å². The number of nitrogens with zero attached hydrogens (tertiary/aromatic N) is 1. The zero-order valence-electron chi connectivity index (χ0n) is 10.3. The summed E-state index contributed by atoms with van der Waals surface area (Å²) in [6.07, 6.45) is 0. The van der Waals surface area contributed by atoms with Gasteiger partial charge >= 0.3 is 0 Å². The number of hydrogen-bond acceptors (Lipinski definition) is 3. The molecule has 0 fully saturated rings. The van der Waals surface area contributed by atoms with Crippen molar-refractivity contribution in [2.75, 3.05) is 14.1 Å². The van der Waals surface area contributed by atoms with Crippen LogP contribution >= 0.6 is 11.6 Å². The van der Waals surface area contributed by atoms with Crippen LogP contribution in [0.15, 0.2) is 24.3 Å². The minimum Gasteiger partial charge on any atom is -0.302 e. The molecule has 1 rings (SSSR count). The molecule has 0 aromatic heterocycles. The summed E-state index contributed by atoms with van der Waals surface area (Å²) in [6.45, 7) is 4.27. The minimum absolute atomic E-state index is 0.0289. The molecule has 3 N–H and O–H groups in total. The van der Waals surface area contributed by atoms with Crippen molar-refractivity contribution in [1.29, 1.82) is 0 Å². The Kier molecular flexibility index (Phi) is 4.33. The Bertz CT molecular complexity index is 350. The van der Waals surface area contributed by atoms with Crippen LogP contribution in [0.3, 0.4) is 0 Å². The molecule has 0 aliphatic rings. The molecule has 1 atom stereocenters. The first-order valence-electron chi connectivity index (χ1n) is 5.28. The SMILES string of the molecule is CN(C)C(C)(C)C(NN)c1cccc(Cl)c1. The number of nitrogens with two attached hydrogens (primary N) is 1. The quantitative estimate of drug-likeness (QED) is 0.627. The van der Waals surface area contributed by atoms with Crippen molar-refractivity contribution in [1.82, 2.24) is 10.3 Å². The number of rotatable bonds is 4. The van der Waals surface area contributed by atoms with E-state index >= 15 is 0 Å². The van der Waals surface area contributed by atoms with E-state index in [-0.39, 0.29) is 11.6 Å². The molecule has 1 unspecified atom stereocenters. The summed E-state index contributed by atoms with van der Waals surface area (Å²) >= 11 is 5.99. The Morgan fingerprint density at radius 3 is 2.44 bits per heavy atom. The second kappa shape index (κ2) is 5.15. The molecule has 0 saturated carbocycles. The molecule has 1 aromatic rings. The molecule has 90 valence electrons. The standard InChI is InChI=1S/C12H20ClN3/c1-12(2,16(3)4)11(15-14)9-6-5-7-10(13)8-9/h5-8,11,15H,14H2,1-4H3. The van der Waals surface area contributed by atoms with Gasteiger partial charge in [-0.05, 0) is 45.6 Å². The third-order valence-electron chi connectivity index (χ3n) is 3.21. The highest BCUT2D eigenvalue weighted by Gasteiger charge is 2.32. The highest BCUT2D eigenvalue weighted by atomic mass is 35.5. The number of hydrogen-bond donors (Lipinski definition) is 2. The molecule has 0 radical (unpaired) electrons. The lowest BCUT2D eigenvalue weighted by molar-refractivity contribution is 0.138. The van der Waals surface area contributed by atoms with Crippen molar-refractivity contribution in [2.24, 2.45) is 5.84 Å². The molecule has 4 heteroatoms. The summed E-state index contributed by atoms with van der Waals surface area (Å²) in [5, 5.41) is 0.729. The van der Waals surface area contributed by atoms with Crippen molar-refractivity contribution < 1.29 is 0 Å². The van der Waals surface area contributed by atoms with Crippen LogP contribution < -0.4 is 11.3 Å². The van der Waals surface area contributed by atoms with Crippen molar-refractivity contribution in [3.8, 4) is 0 Å². The van der Waals surface area contributed by atoms with Crippen molar-refractivity contribution >= 4 is 11.6 Å². The van der Waals surface area contributed by atoms with Gasteiger partial charge in [0.05, 0.1) is 6.04 Å². The second-order valence-electron chi connectivity index (χ2n) is 4.70. The van der Waals surface area contributed by atoms with Crippen molar-refractivity contribution in [3.05, 3.63) is 34.9 Å². The van der Waals surface area contributed by atoms with Gasteiger partial charge in [0.15, 0.2) is 0 Å². The summed E-state index contributed by atoms with van der Waals surface area (Å²) in [7, 11) is 4.07. The predicted molar refractivity (Wildman–Crippen MR) is 69.3 cm³/mol. The first kappa shape index (κ1) is 13.5. The van der Waals surface area contributed by atoms with E-state index in [0.29, 0.717) is 0 Å². The van der Waals surface area contributed by atoms with Crippen LogP contribution in [0.5, 0.6) is 0 Å². The molecule has 1 aromatic carbocycles. The molecular formula is C12H20ClN3. The van der Waals surface area contributed by atoms with Crippen LogP contribution in [0.25, 0.3) is 0 Å². The van der Waals surface area contributed by atoms with Crippen LogP contribution in [0.4, 0.5) is 0 Å². The summed E-state index contributed by atoms with van der Waals surface area (Å²) < 4.78 is 0. The fourth-order valence-electron chi connectivity index (χ4n) is 1.65. The van der Waals surface area contributed by atoms with Gasteiger partial charge < -0.3 is 4.90 Å². The Balaban J connectivity index is 3.08. The predicted octanol–water partition coefficient (Wildman–Crippen LogP) is 2.18. The third kappa shape index (κ3) is 2.74. The molecule has 0 saturated heterocycles. The topological polar surface area (TPSA) is 41.3 Å². The van der Waals surface area contributed by atoms with Gasteiger partial charge in [-0.2, -0.15) is 0 Å². The molecule has 0 amide bonds. The number of likely N-dealkylation sites (N-methyl/N-ethyl adjacent to an activating group) is 1. The van der Waals surface area contributed by atoms with E-state index in [4.69, 9.17) is 17.4 Å². The van der Waals surface area contributed by atoms with E-state index in [1.165, 1.54) is 0 Å². The summed E-state index contributed by atoms with van der Waals surface area (Å²) in [4.78, 5) is 2.14. The molecule has 0 heterocycles. The van der Waals surface area contributed by atoms with Gasteiger partial charge in [-0.1, -0.05) is 23.7 Å². The van der Waals surface area contributed by atoms with E-state index in [2.05, 4.69) is 24.2 Å². The van der Waals surface area contributed by atoms with Crippen LogP contribution in [-0.2, 0) is 0 Å². The van der Waals surface area contributed by atoms with Gasteiger partial charge in [0, 0.05) is 10.6 Å². The number of halogens is 1. The Labute approximate surface area is 103 Å². The minimum atomic E-state index is -0.0978. The first-order chi connectivity index (χ1) is 7.39. The maximum Gasteiger partial charge on any atom is 0.0638 e. The Morgan fingerprint density at radius 1 is 1.38 bits per heavy atom. The van der Waals surface area contributed by atoms with Gasteiger partial charge in [0.25, 0.3) is 0 Å². The molecule has 3 nitrogen and oxygen atoms in total. The Morgan fingerprint density at radius 2 is 2.00 bits per heavy atom. The maximum atomic E-state index is 5.99. The summed E-state index contributed by atoms with van der Waals surface area (Å²) in [5.74, 6) is 5.66. The molecule has 0 aliphatic heterocycles. The summed E-state index contributed by atoms with van der Waals surface area (Å²) in [5.41, 5.74) is 3.86. The monoisotopic (exact) mass is 241 g/mol. The highest BCUT2D eigenvalue weighted by molar-refractivity contribution is 6.30. The van der Waals surface area contributed by atoms with Gasteiger partial charge in [0.2, 0.25) is 0 Å². The number of benzene rings is 1. The lowest BCUT2D eigenvalue weighted by atomic mass is 9.88. The van der Waals surface area contributed by atoms with Crippen LogP contribution in [0, 0.1) is 0 Å². The first-order valence-corrected chi connectivity index (χ1v) is 5.66. The van der Waals surface area contributed by atoms with Gasteiger partial charge in [-0.3, -0.25) is 11.3 Å². The fourth-order valence-corrected chi connectivity index (χ4v) is 1.85. The average Bonchev–Trinajstić information content (AvgIpc) is 2.18. The molecule has 0 spiro atoms. The zero-order chi connectivity index (χ0) is 12.3. The van der Waals surface area contributed by atoms with E-state index in [9.17, 15) is 0 Å².